The lowest BCUT2D eigenvalue weighted by atomic mass is 10.0. The number of hydrogen-bond acceptors (Lipinski definition) is 6. The van der Waals surface area contributed by atoms with Gasteiger partial charge in [-0.25, -0.2) is 0 Å². The van der Waals surface area contributed by atoms with Crippen molar-refractivity contribution in [2.75, 3.05) is 32.8 Å². The highest BCUT2D eigenvalue weighted by Gasteiger charge is 2.39. The van der Waals surface area contributed by atoms with E-state index in [1.807, 2.05) is 18.2 Å². The third kappa shape index (κ3) is 5.60. The molecule has 3 aliphatic heterocycles. The first-order valence-corrected chi connectivity index (χ1v) is 13.3. The van der Waals surface area contributed by atoms with Crippen LogP contribution in [0.1, 0.15) is 46.3 Å². The van der Waals surface area contributed by atoms with E-state index in [2.05, 4.69) is 34.5 Å². The zero-order valence-corrected chi connectivity index (χ0v) is 20.6. The first kappa shape index (κ1) is 24.0. The number of piperidine rings is 1. The Bertz CT molecular complexity index is 1100. The molecule has 1 atom stereocenters. The number of fused-ring (bicyclic) bond motifs is 1. The average Bonchev–Trinajstić information content (AvgIpc) is 3.21. The van der Waals surface area contributed by atoms with Gasteiger partial charge in [0.05, 0.1) is 13.2 Å². The third-order valence-electron chi connectivity index (χ3n) is 7.00. The van der Waals surface area contributed by atoms with Gasteiger partial charge in [0.1, 0.15) is 6.04 Å². The summed E-state index contributed by atoms with van der Waals surface area (Å²) in [6.07, 6.45) is 2.88. The molecule has 2 saturated heterocycles. The lowest BCUT2D eigenvalue weighted by molar-refractivity contribution is -0.136. The van der Waals surface area contributed by atoms with Gasteiger partial charge in [-0.2, -0.15) is 0 Å². The zero-order chi connectivity index (χ0) is 24.2. The smallest absolute Gasteiger partial charge is 0.255 e. The first-order valence-electron chi connectivity index (χ1n) is 12.4. The maximum absolute atomic E-state index is 13.0. The molecule has 2 aromatic carbocycles. The molecule has 184 valence electrons. The number of nitrogens with one attached hydrogen (secondary N) is 1. The van der Waals surface area contributed by atoms with E-state index in [9.17, 15) is 14.4 Å². The molecule has 35 heavy (non-hydrogen) atoms. The summed E-state index contributed by atoms with van der Waals surface area (Å²) >= 11 is 1.72. The Labute approximate surface area is 210 Å². The van der Waals surface area contributed by atoms with Gasteiger partial charge < -0.3 is 9.64 Å². The molecule has 3 amide bonds. The summed E-state index contributed by atoms with van der Waals surface area (Å²) < 4.78 is 5.41. The number of carbonyl (C=O) groups is 3. The van der Waals surface area contributed by atoms with Crippen LogP contribution in [0.25, 0.3) is 0 Å². The predicted octanol–water partition coefficient (Wildman–Crippen LogP) is 3.00. The summed E-state index contributed by atoms with van der Waals surface area (Å²) in [6.45, 7) is 5.30. The summed E-state index contributed by atoms with van der Waals surface area (Å²) in [5.41, 5.74) is 4.25. The minimum atomic E-state index is -0.582. The maximum Gasteiger partial charge on any atom is 0.255 e. The molecule has 0 spiro atoms. The van der Waals surface area contributed by atoms with Crippen molar-refractivity contribution in [2.24, 2.45) is 0 Å². The number of thioether (sulfide) groups is 1. The number of ether oxygens (including phenoxy) is 1. The van der Waals surface area contributed by atoms with E-state index in [0.29, 0.717) is 18.5 Å². The molecule has 0 aromatic heterocycles. The van der Waals surface area contributed by atoms with Crippen molar-refractivity contribution >= 4 is 29.5 Å². The normalized spacial score (nSPS) is 20.7. The summed E-state index contributed by atoms with van der Waals surface area (Å²) in [4.78, 5) is 42.0. The monoisotopic (exact) mass is 493 g/mol. The van der Waals surface area contributed by atoms with Crippen LogP contribution in [0.3, 0.4) is 0 Å². The largest absolute Gasteiger partial charge is 0.379 e. The summed E-state index contributed by atoms with van der Waals surface area (Å²) in [7, 11) is 0. The van der Waals surface area contributed by atoms with Crippen molar-refractivity contribution in [3.63, 3.8) is 0 Å². The quantitative estimate of drug-likeness (QED) is 0.450. The third-order valence-corrected chi connectivity index (χ3v) is 8.17. The molecule has 2 fully saturated rings. The van der Waals surface area contributed by atoms with Crippen LogP contribution in [0.5, 0.6) is 0 Å². The zero-order valence-electron chi connectivity index (χ0n) is 19.8. The fourth-order valence-corrected chi connectivity index (χ4v) is 6.03. The van der Waals surface area contributed by atoms with E-state index in [-0.39, 0.29) is 24.1 Å². The Kier molecular flexibility index (Phi) is 7.51. The molecule has 0 bridgehead atoms. The molecule has 0 aliphatic carbocycles. The van der Waals surface area contributed by atoms with E-state index >= 15 is 0 Å². The SMILES string of the molecule is O=C1CCC(N2Cc3c(SCc4ccc(CCCN5CCOCC5)cc4)cccc3C2=O)C(=O)N1. The highest BCUT2D eigenvalue weighted by molar-refractivity contribution is 7.98. The second-order valence-corrected chi connectivity index (χ2v) is 10.4. The van der Waals surface area contributed by atoms with Crippen molar-refractivity contribution in [1.82, 2.24) is 15.1 Å². The van der Waals surface area contributed by atoms with E-state index in [1.54, 1.807) is 16.7 Å². The van der Waals surface area contributed by atoms with Crippen LogP contribution in [0.4, 0.5) is 0 Å². The van der Waals surface area contributed by atoms with E-state index in [1.165, 1.54) is 11.1 Å². The fraction of sp³-hybridized carbons (Fsp3) is 0.444. The molecule has 0 radical (unpaired) electrons. The van der Waals surface area contributed by atoms with Crippen LogP contribution in [0, 0.1) is 0 Å². The number of aryl methyl sites for hydroxylation is 1. The molecule has 1 unspecified atom stereocenters. The molecule has 2 aromatic rings. The van der Waals surface area contributed by atoms with Crippen LogP contribution in [0.2, 0.25) is 0 Å². The number of hydrogen-bond donors (Lipinski definition) is 1. The highest BCUT2D eigenvalue weighted by atomic mass is 32.2. The number of rotatable bonds is 8. The number of benzene rings is 2. The molecular formula is C27H31N3O4S. The van der Waals surface area contributed by atoms with Crippen molar-refractivity contribution in [1.29, 1.82) is 0 Å². The topological polar surface area (TPSA) is 79.0 Å². The van der Waals surface area contributed by atoms with Gasteiger partial charge >= 0.3 is 0 Å². The van der Waals surface area contributed by atoms with Gasteiger partial charge in [-0.15, -0.1) is 11.8 Å². The Morgan fingerprint density at radius 1 is 1.00 bits per heavy atom. The Morgan fingerprint density at radius 3 is 2.54 bits per heavy atom. The number of morpholine rings is 1. The molecule has 3 heterocycles. The Morgan fingerprint density at radius 2 is 1.77 bits per heavy atom. The van der Waals surface area contributed by atoms with Crippen molar-refractivity contribution in [3.05, 3.63) is 64.7 Å². The number of amides is 3. The summed E-state index contributed by atoms with van der Waals surface area (Å²) in [5.74, 6) is 0.0479. The average molecular weight is 494 g/mol. The van der Waals surface area contributed by atoms with Crippen molar-refractivity contribution < 1.29 is 19.1 Å². The van der Waals surface area contributed by atoms with Crippen LogP contribution in [-0.2, 0) is 33.0 Å². The first-order chi connectivity index (χ1) is 17.1. The van der Waals surface area contributed by atoms with E-state index < -0.39 is 6.04 Å². The highest BCUT2D eigenvalue weighted by Crippen LogP contribution is 2.35. The number of nitrogens with zero attached hydrogens (tertiary/aromatic N) is 2. The molecule has 5 rings (SSSR count). The molecule has 7 nitrogen and oxygen atoms in total. The van der Waals surface area contributed by atoms with Crippen molar-refractivity contribution in [3.8, 4) is 0 Å². The van der Waals surface area contributed by atoms with Gasteiger partial charge in [0.15, 0.2) is 0 Å². The maximum atomic E-state index is 13.0. The van der Waals surface area contributed by atoms with Gasteiger partial charge in [-0.05, 0) is 54.6 Å². The predicted molar refractivity (Wildman–Crippen MR) is 134 cm³/mol. The van der Waals surface area contributed by atoms with Crippen molar-refractivity contribution in [2.45, 2.75) is 48.9 Å². The van der Waals surface area contributed by atoms with Crippen LogP contribution in [-0.4, -0.2) is 66.4 Å². The van der Waals surface area contributed by atoms with E-state index in [4.69, 9.17) is 4.74 Å². The molecule has 0 saturated carbocycles. The lowest BCUT2D eigenvalue weighted by Crippen LogP contribution is -2.52. The Hall–Kier alpha value is -2.68. The van der Waals surface area contributed by atoms with Gasteiger partial charge in [-0.1, -0.05) is 30.3 Å². The van der Waals surface area contributed by atoms with Crippen LogP contribution >= 0.6 is 11.8 Å². The lowest BCUT2D eigenvalue weighted by Gasteiger charge is -2.29. The van der Waals surface area contributed by atoms with Gasteiger partial charge in [0.25, 0.3) is 5.91 Å². The van der Waals surface area contributed by atoms with E-state index in [0.717, 1.165) is 61.9 Å². The number of carbonyl (C=O) groups excluding carboxylic acids is 3. The van der Waals surface area contributed by atoms with Gasteiger partial charge in [0, 0.05) is 42.3 Å². The Balaban J connectivity index is 1.16. The standard InChI is InChI=1S/C27H31N3O4S/c31-25-11-10-23(26(32)28-25)30-17-22-21(27(30)33)4-1-5-24(22)35-18-20-8-6-19(7-9-20)3-2-12-29-13-15-34-16-14-29/h1,4-9,23H,2-3,10-18H2,(H,28,31,32). The second kappa shape index (κ2) is 10.9. The van der Waals surface area contributed by atoms with Gasteiger partial charge in [-0.3, -0.25) is 24.6 Å². The minimum absolute atomic E-state index is 0.126. The summed E-state index contributed by atoms with van der Waals surface area (Å²) in [5, 5.41) is 2.36. The molecule has 8 heteroatoms. The fourth-order valence-electron chi connectivity index (χ4n) is 4.99. The molecule has 1 N–H and O–H groups in total. The van der Waals surface area contributed by atoms with Crippen LogP contribution in [0.15, 0.2) is 47.4 Å². The summed E-state index contributed by atoms with van der Waals surface area (Å²) in [6, 6.07) is 14.0. The number of imide groups is 1. The van der Waals surface area contributed by atoms with Gasteiger partial charge in [0.2, 0.25) is 11.8 Å². The molecule has 3 aliphatic rings. The second-order valence-electron chi connectivity index (χ2n) is 9.34. The molecular weight excluding hydrogens is 462 g/mol. The minimum Gasteiger partial charge on any atom is -0.379 e. The van der Waals surface area contributed by atoms with Crippen LogP contribution < -0.4 is 5.32 Å².